The van der Waals surface area contributed by atoms with Gasteiger partial charge in [0, 0.05) is 57.3 Å². The van der Waals surface area contributed by atoms with Crippen molar-refractivity contribution in [1.82, 2.24) is 10.2 Å². The van der Waals surface area contributed by atoms with Gasteiger partial charge in [-0.05, 0) is 38.5 Å². The monoisotopic (exact) mass is 507 g/mol. The Kier molecular flexibility index (Phi) is 10.3. The highest BCUT2D eigenvalue weighted by molar-refractivity contribution is 6.04. The molecule has 37 heavy (non-hydrogen) atoms. The number of amides is 2. The van der Waals surface area contributed by atoms with Gasteiger partial charge in [-0.2, -0.15) is 0 Å². The SMILES string of the molecule is CNC(=O)C(CCC=O)N(C)C(=O)c1cc(N2CC(C#CC(C=NC(C)(C)C=O)=CN)C2)ccc1C=O. The van der Waals surface area contributed by atoms with E-state index in [4.69, 9.17) is 5.73 Å². The van der Waals surface area contributed by atoms with E-state index in [0.717, 1.165) is 12.0 Å². The maximum absolute atomic E-state index is 13.3. The number of benzene rings is 1. The molecule has 1 aromatic carbocycles. The predicted molar refractivity (Wildman–Crippen MR) is 141 cm³/mol. The summed E-state index contributed by atoms with van der Waals surface area (Å²) in [6.07, 6.45) is 5.14. The zero-order valence-corrected chi connectivity index (χ0v) is 21.6. The van der Waals surface area contributed by atoms with Gasteiger partial charge in [0.25, 0.3) is 5.91 Å². The van der Waals surface area contributed by atoms with Gasteiger partial charge in [0.05, 0.1) is 17.1 Å². The highest BCUT2D eigenvalue weighted by Gasteiger charge is 2.30. The third kappa shape index (κ3) is 7.61. The largest absolute Gasteiger partial charge is 0.404 e. The lowest BCUT2D eigenvalue weighted by Gasteiger charge is -2.38. The molecule has 1 aliphatic rings. The molecule has 10 heteroatoms. The summed E-state index contributed by atoms with van der Waals surface area (Å²) in [4.78, 5) is 66.5. The van der Waals surface area contributed by atoms with Crippen LogP contribution in [0, 0.1) is 17.8 Å². The second kappa shape index (κ2) is 13.2. The number of anilines is 1. The molecule has 3 N–H and O–H groups in total. The van der Waals surface area contributed by atoms with Gasteiger partial charge in [-0.3, -0.25) is 19.4 Å². The van der Waals surface area contributed by atoms with E-state index in [2.05, 4.69) is 22.2 Å². The average molecular weight is 508 g/mol. The Morgan fingerprint density at radius 2 is 2.00 bits per heavy atom. The highest BCUT2D eigenvalue weighted by atomic mass is 16.2. The summed E-state index contributed by atoms with van der Waals surface area (Å²) < 4.78 is 0. The van der Waals surface area contributed by atoms with Crippen LogP contribution in [0.1, 0.15) is 47.4 Å². The molecule has 1 heterocycles. The third-order valence-corrected chi connectivity index (χ3v) is 5.96. The van der Waals surface area contributed by atoms with Gasteiger partial charge in [-0.1, -0.05) is 11.8 Å². The number of aldehydes is 3. The third-order valence-electron chi connectivity index (χ3n) is 5.96. The fourth-order valence-electron chi connectivity index (χ4n) is 3.60. The molecule has 0 aliphatic carbocycles. The van der Waals surface area contributed by atoms with Crippen LogP contribution < -0.4 is 16.0 Å². The number of aliphatic imine (C=N–C) groups is 1. The molecule has 1 unspecified atom stereocenters. The van der Waals surface area contributed by atoms with Crippen LogP contribution in [0.2, 0.25) is 0 Å². The van der Waals surface area contributed by atoms with Crippen LogP contribution in [0.5, 0.6) is 0 Å². The topological polar surface area (TPSA) is 142 Å². The lowest BCUT2D eigenvalue weighted by atomic mass is 9.97. The zero-order chi connectivity index (χ0) is 27.6. The Balaban J connectivity index is 2.17. The maximum Gasteiger partial charge on any atom is 0.255 e. The van der Waals surface area contributed by atoms with Gasteiger partial charge in [0.2, 0.25) is 5.91 Å². The second-order valence-corrected chi connectivity index (χ2v) is 9.20. The molecule has 0 spiro atoms. The first-order chi connectivity index (χ1) is 17.6. The molecule has 1 aromatic rings. The number of hydrogen-bond acceptors (Lipinski definition) is 8. The molecule has 2 rings (SSSR count). The zero-order valence-electron chi connectivity index (χ0n) is 21.6. The van der Waals surface area contributed by atoms with Crippen LogP contribution >= 0.6 is 0 Å². The first-order valence-electron chi connectivity index (χ1n) is 11.8. The Labute approximate surface area is 217 Å². The van der Waals surface area contributed by atoms with Crippen LogP contribution in [0.3, 0.4) is 0 Å². The minimum absolute atomic E-state index is 0.0518. The lowest BCUT2D eigenvalue weighted by Crippen LogP contribution is -2.47. The number of carbonyl (C=O) groups excluding carboxylic acids is 5. The van der Waals surface area contributed by atoms with E-state index < -0.39 is 23.4 Å². The summed E-state index contributed by atoms with van der Waals surface area (Å²) in [7, 11) is 2.94. The first-order valence-corrected chi connectivity index (χ1v) is 11.8. The van der Waals surface area contributed by atoms with Crippen molar-refractivity contribution in [2.24, 2.45) is 16.6 Å². The molecule has 1 saturated heterocycles. The Hall–Kier alpha value is -4.26. The number of likely N-dealkylation sites (N-methyl/N-ethyl adjacent to an activating group) is 2. The maximum atomic E-state index is 13.3. The van der Waals surface area contributed by atoms with Crippen LogP contribution in [0.25, 0.3) is 0 Å². The van der Waals surface area contributed by atoms with E-state index in [0.29, 0.717) is 31.2 Å². The van der Waals surface area contributed by atoms with Crippen molar-refractivity contribution < 1.29 is 24.0 Å². The minimum atomic E-state index is -0.852. The van der Waals surface area contributed by atoms with Crippen LogP contribution in [0.15, 0.2) is 35.0 Å². The standard InChI is InChI=1S/C27H33N5O5/c1-27(2,18-35)30-14-19(13-28)7-8-20-15-32(16-20)22-10-9-21(17-34)23(12-22)26(37)31(4)24(6-5-11-33)25(36)29-3/h9-14,17-18,20,24H,5-6,15-16,28H2,1-4H3,(H,29,36). The molecular formula is C27H33N5O5. The second-order valence-electron chi connectivity index (χ2n) is 9.20. The van der Waals surface area contributed by atoms with Crippen molar-refractivity contribution in [2.75, 3.05) is 32.1 Å². The molecule has 0 aromatic heterocycles. The Morgan fingerprint density at radius 1 is 1.30 bits per heavy atom. The fraction of sp³-hybridized carbons (Fsp3) is 0.407. The van der Waals surface area contributed by atoms with Crippen molar-refractivity contribution >= 4 is 42.6 Å². The fourth-order valence-corrected chi connectivity index (χ4v) is 3.60. The summed E-state index contributed by atoms with van der Waals surface area (Å²) in [5.41, 5.74) is 6.39. The van der Waals surface area contributed by atoms with E-state index in [9.17, 15) is 24.0 Å². The number of allylic oxidation sites excluding steroid dienone is 1. The van der Waals surface area contributed by atoms with Crippen molar-refractivity contribution in [3.63, 3.8) is 0 Å². The summed E-state index contributed by atoms with van der Waals surface area (Å²) in [6.45, 7) is 4.56. The van der Waals surface area contributed by atoms with Crippen LogP contribution in [0.4, 0.5) is 5.69 Å². The molecular weight excluding hydrogens is 474 g/mol. The lowest BCUT2D eigenvalue weighted by molar-refractivity contribution is -0.125. The van der Waals surface area contributed by atoms with Gasteiger partial charge in [-0.15, -0.1) is 0 Å². The smallest absolute Gasteiger partial charge is 0.255 e. The van der Waals surface area contributed by atoms with E-state index in [1.165, 1.54) is 31.4 Å². The van der Waals surface area contributed by atoms with Gasteiger partial charge < -0.3 is 30.4 Å². The number of rotatable bonds is 11. The van der Waals surface area contributed by atoms with Gasteiger partial charge >= 0.3 is 0 Å². The van der Waals surface area contributed by atoms with Crippen molar-refractivity contribution in [2.45, 2.75) is 38.3 Å². The molecule has 10 nitrogen and oxygen atoms in total. The Bertz CT molecular complexity index is 1160. The average Bonchev–Trinajstić information content (AvgIpc) is 2.88. The summed E-state index contributed by atoms with van der Waals surface area (Å²) in [5, 5.41) is 2.51. The van der Waals surface area contributed by atoms with Crippen molar-refractivity contribution in [1.29, 1.82) is 0 Å². The Morgan fingerprint density at radius 3 is 2.57 bits per heavy atom. The predicted octanol–water partition coefficient (Wildman–Crippen LogP) is 0.995. The van der Waals surface area contributed by atoms with Crippen molar-refractivity contribution in [3.8, 4) is 11.8 Å². The number of nitrogens with zero attached hydrogens (tertiary/aromatic N) is 3. The first kappa shape index (κ1) is 29.0. The van der Waals surface area contributed by atoms with Gasteiger partial charge in [-0.25, -0.2) is 0 Å². The molecule has 1 aliphatic heterocycles. The molecule has 1 fully saturated rings. The van der Waals surface area contributed by atoms with E-state index in [-0.39, 0.29) is 29.9 Å². The summed E-state index contributed by atoms with van der Waals surface area (Å²) in [6, 6.07) is 4.11. The summed E-state index contributed by atoms with van der Waals surface area (Å²) >= 11 is 0. The highest BCUT2D eigenvalue weighted by Crippen LogP contribution is 2.27. The minimum Gasteiger partial charge on any atom is -0.404 e. The van der Waals surface area contributed by atoms with Crippen LogP contribution in [-0.4, -0.2) is 80.6 Å². The van der Waals surface area contributed by atoms with Gasteiger partial charge in [0.1, 0.15) is 24.2 Å². The van der Waals surface area contributed by atoms with Gasteiger partial charge in [0.15, 0.2) is 6.29 Å². The molecule has 0 radical (unpaired) electrons. The number of nitrogens with one attached hydrogen (secondary N) is 1. The van der Waals surface area contributed by atoms with E-state index >= 15 is 0 Å². The molecule has 196 valence electrons. The molecule has 0 bridgehead atoms. The van der Waals surface area contributed by atoms with Crippen molar-refractivity contribution in [3.05, 3.63) is 41.1 Å². The molecule has 0 saturated carbocycles. The van der Waals surface area contributed by atoms with Crippen LogP contribution in [-0.2, 0) is 14.4 Å². The molecule has 2 amide bonds. The normalized spacial score (nSPS) is 14.7. The van der Waals surface area contributed by atoms with E-state index in [1.807, 2.05) is 4.90 Å². The number of nitrogens with two attached hydrogens (primary N) is 1. The van der Waals surface area contributed by atoms with E-state index in [1.54, 1.807) is 32.0 Å². The number of hydrogen-bond donors (Lipinski definition) is 2. The summed E-state index contributed by atoms with van der Waals surface area (Å²) in [5.74, 6) is 5.27. The molecule has 1 atom stereocenters. The quantitative estimate of drug-likeness (QED) is 0.258. The number of carbonyl (C=O) groups is 5.